The predicted octanol–water partition coefficient (Wildman–Crippen LogP) is 1.55. The number of carbonyl (C=O) groups excluding carboxylic acids is 1. The van der Waals surface area contributed by atoms with Gasteiger partial charge in [-0.2, -0.15) is 0 Å². The van der Waals surface area contributed by atoms with Crippen molar-refractivity contribution < 1.29 is 4.79 Å². The van der Waals surface area contributed by atoms with Crippen molar-refractivity contribution in [1.29, 1.82) is 0 Å². The molecular weight excluding hydrogens is 250 g/mol. The molecule has 4 heteroatoms. The third kappa shape index (κ3) is 3.53. The number of hydrogen-bond acceptors (Lipinski definition) is 3. The standard InChI is InChI=1S/C16H29N3O/c1-11(16(20)19-12-8-9-12)18-15-6-3-2-5-13(15)14-7-4-10-17-14/h11-15,17-18H,2-10H2,1H3,(H,19,20). The predicted molar refractivity (Wildman–Crippen MR) is 80.5 cm³/mol. The van der Waals surface area contributed by atoms with Gasteiger partial charge in [0.05, 0.1) is 6.04 Å². The van der Waals surface area contributed by atoms with E-state index < -0.39 is 0 Å². The minimum absolute atomic E-state index is 0.0531. The zero-order valence-corrected chi connectivity index (χ0v) is 12.7. The van der Waals surface area contributed by atoms with Crippen LogP contribution < -0.4 is 16.0 Å². The smallest absolute Gasteiger partial charge is 0.237 e. The molecule has 1 saturated heterocycles. The molecule has 0 bridgehead atoms. The first-order valence-corrected chi connectivity index (χ1v) is 8.54. The molecule has 1 aliphatic heterocycles. The molecule has 1 amide bonds. The molecule has 2 aliphatic carbocycles. The zero-order chi connectivity index (χ0) is 13.9. The van der Waals surface area contributed by atoms with Gasteiger partial charge in [0, 0.05) is 18.1 Å². The quantitative estimate of drug-likeness (QED) is 0.716. The van der Waals surface area contributed by atoms with Crippen molar-refractivity contribution in [3.8, 4) is 0 Å². The summed E-state index contributed by atoms with van der Waals surface area (Å²) in [7, 11) is 0. The van der Waals surface area contributed by atoms with E-state index in [0.717, 1.165) is 12.8 Å². The molecule has 0 spiro atoms. The van der Waals surface area contributed by atoms with Crippen molar-refractivity contribution in [2.45, 2.75) is 82.5 Å². The number of carbonyl (C=O) groups is 1. The molecule has 3 rings (SSSR count). The maximum absolute atomic E-state index is 12.1. The zero-order valence-electron chi connectivity index (χ0n) is 12.7. The number of hydrogen-bond donors (Lipinski definition) is 3. The molecule has 0 radical (unpaired) electrons. The van der Waals surface area contributed by atoms with Crippen LogP contribution in [-0.2, 0) is 4.79 Å². The first-order chi connectivity index (χ1) is 9.74. The molecule has 3 aliphatic rings. The Labute approximate surface area is 122 Å². The molecule has 4 atom stereocenters. The van der Waals surface area contributed by atoms with E-state index in [4.69, 9.17) is 0 Å². The van der Waals surface area contributed by atoms with Crippen LogP contribution in [0.2, 0.25) is 0 Å². The van der Waals surface area contributed by atoms with Gasteiger partial charge >= 0.3 is 0 Å². The van der Waals surface area contributed by atoms with Gasteiger partial charge in [0.15, 0.2) is 0 Å². The molecule has 1 heterocycles. The van der Waals surface area contributed by atoms with E-state index in [2.05, 4.69) is 16.0 Å². The molecule has 0 aromatic rings. The fraction of sp³-hybridized carbons (Fsp3) is 0.938. The van der Waals surface area contributed by atoms with Crippen LogP contribution >= 0.6 is 0 Å². The normalized spacial score (nSPS) is 35.8. The van der Waals surface area contributed by atoms with E-state index in [-0.39, 0.29) is 11.9 Å². The summed E-state index contributed by atoms with van der Waals surface area (Å²) in [5.74, 6) is 0.902. The Morgan fingerprint density at radius 3 is 2.60 bits per heavy atom. The molecule has 114 valence electrons. The summed E-state index contributed by atoms with van der Waals surface area (Å²) in [6.45, 7) is 3.19. The highest BCUT2D eigenvalue weighted by Gasteiger charge is 2.35. The second kappa shape index (κ2) is 6.44. The van der Waals surface area contributed by atoms with E-state index >= 15 is 0 Å². The van der Waals surface area contributed by atoms with E-state index in [9.17, 15) is 4.79 Å². The number of nitrogens with one attached hydrogen (secondary N) is 3. The first kappa shape index (κ1) is 14.3. The molecule has 2 saturated carbocycles. The molecule has 4 nitrogen and oxygen atoms in total. The van der Waals surface area contributed by atoms with Gasteiger partial charge < -0.3 is 16.0 Å². The highest BCUT2D eigenvalue weighted by Crippen LogP contribution is 2.31. The summed E-state index contributed by atoms with van der Waals surface area (Å²) in [4.78, 5) is 12.1. The average molecular weight is 279 g/mol. The van der Waals surface area contributed by atoms with E-state index in [1.165, 1.54) is 45.1 Å². The molecule has 0 aromatic carbocycles. The second-order valence-electron chi connectivity index (χ2n) is 6.93. The Morgan fingerprint density at radius 1 is 1.10 bits per heavy atom. The SMILES string of the molecule is CC(NC1CCCCC1C1CCCN1)C(=O)NC1CC1. The second-order valence-corrected chi connectivity index (χ2v) is 6.93. The topological polar surface area (TPSA) is 53.2 Å². The molecule has 3 fully saturated rings. The van der Waals surface area contributed by atoms with Crippen molar-refractivity contribution in [1.82, 2.24) is 16.0 Å². The Bertz CT molecular complexity index is 337. The number of amides is 1. The van der Waals surface area contributed by atoms with Crippen LogP contribution in [0.25, 0.3) is 0 Å². The maximum Gasteiger partial charge on any atom is 0.237 e. The fourth-order valence-electron chi connectivity index (χ4n) is 3.88. The van der Waals surface area contributed by atoms with Crippen molar-refractivity contribution in [3.05, 3.63) is 0 Å². The lowest BCUT2D eigenvalue weighted by Crippen LogP contribution is -2.53. The Kier molecular flexibility index (Phi) is 4.61. The van der Waals surface area contributed by atoms with Gasteiger partial charge in [-0.3, -0.25) is 4.79 Å². The van der Waals surface area contributed by atoms with Crippen LogP contribution in [0.4, 0.5) is 0 Å². The lowest BCUT2D eigenvalue weighted by atomic mass is 9.79. The molecule has 4 unspecified atom stereocenters. The summed E-state index contributed by atoms with van der Waals surface area (Å²) in [5.41, 5.74) is 0. The summed E-state index contributed by atoms with van der Waals surface area (Å²) >= 11 is 0. The highest BCUT2D eigenvalue weighted by atomic mass is 16.2. The first-order valence-electron chi connectivity index (χ1n) is 8.54. The van der Waals surface area contributed by atoms with Gasteiger partial charge in [0.2, 0.25) is 5.91 Å². The Morgan fingerprint density at radius 2 is 1.90 bits per heavy atom. The van der Waals surface area contributed by atoms with Gasteiger partial charge in [0.25, 0.3) is 0 Å². The van der Waals surface area contributed by atoms with Crippen molar-refractivity contribution in [2.24, 2.45) is 5.92 Å². The Hall–Kier alpha value is -0.610. The monoisotopic (exact) mass is 279 g/mol. The van der Waals surface area contributed by atoms with Gasteiger partial charge in [-0.1, -0.05) is 12.8 Å². The van der Waals surface area contributed by atoms with Gasteiger partial charge in [0.1, 0.15) is 0 Å². The van der Waals surface area contributed by atoms with Crippen LogP contribution in [-0.4, -0.2) is 36.6 Å². The molecule has 3 N–H and O–H groups in total. The maximum atomic E-state index is 12.1. The summed E-state index contributed by atoms with van der Waals surface area (Å²) in [6, 6.07) is 1.60. The van der Waals surface area contributed by atoms with E-state index in [0.29, 0.717) is 24.0 Å². The van der Waals surface area contributed by atoms with Crippen molar-refractivity contribution in [3.63, 3.8) is 0 Å². The van der Waals surface area contributed by atoms with Gasteiger partial charge in [-0.05, 0) is 57.9 Å². The fourth-order valence-corrected chi connectivity index (χ4v) is 3.88. The van der Waals surface area contributed by atoms with Crippen LogP contribution in [0.5, 0.6) is 0 Å². The summed E-state index contributed by atoms with van der Waals surface area (Å²) in [5, 5.41) is 10.4. The lowest BCUT2D eigenvalue weighted by Gasteiger charge is -2.37. The van der Waals surface area contributed by atoms with Gasteiger partial charge in [-0.25, -0.2) is 0 Å². The largest absolute Gasteiger partial charge is 0.352 e. The minimum atomic E-state index is -0.0531. The van der Waals surface area contributed by atoms with E-state index in [1.54, 1.807) is 0 Å². The lowest BCUT2D eigenvalue weighted by molar-refractivity contribution is -0.123. The Balaban J connectivity index is 1.53. The number of rotatable bonds is 5. The summed E-state index contributed by atoms with van der Waals surface area (Å²) < 4.78 is 0. The molecule has 20 heavy (non-hydrogen) atoms. The van der Waals surface area contributed by atoms with Crippen LogP contribution in [0.1, 0.15) is 58.3 Å². The average Bonchev–Trinajstić information content (AvgIpc) is 3.10. The third-order valence-corrected chi connectivity index (χ3v) is 5.22. The summed E-state index contributed by atoms with van der Waals surface area (Å²) in [6.07, 6.45) is 10.1. The van der Waals surface area contributed by atoms with Gasteiger partial charge in [-0.15, -0.1) is 0 Å². The van der Waals surface area contributed by atoms with Crippen LogP contribution in [0, 0.1) is 5.92 Å². The van der Waals surface area contributed by atoms with E-state index in [1.807, 2.05) is 6.92 Å². The van der Waals surface area contributed by atoms with Crippen molar-refractivity contribution >= 4 is 5.91 Å². The minimum Gasteiger partial charge on any atom is -0.352 e. The highest BCUT2D eigenvalue weighted by molar-refractivity contribution is 5.81. The van der Waals surface area contributed by atoms with Crippen LogP contribution in [0.15, 0.2) is 0 Å². The van der Waals surface area contributed by atoms with Crippen LogP contribution in [0.3, 0.4) is 0 Å². The third-order valence-electron chi connectivity index (χ3n) is 5.22. The molecular formula is C16H29N3O. The van der Waals surface area contributed by atoms with Crippen molar-refractivity contribution in [2.75, 3.05) is 6.54 Å². The molecule has 0 aromatic heterocycles.